The molecule has 3 heterocycles. The van der Waals surface area contributed by atoms with Gasteiger partial charge in [0.15, 0.2) is 6.10 Å². The molecule has 3 rings (SSSR count). The van der Waals surface area contributed by atoms with Gasteiger partial charge in [0.2, 0.25) is 5.91 Å². The number of nitrogens with two attached hydrogens (primary N) is 1. The van der Waals surface area contributed by atoms with Gasteiger partial charge in [-0.1, -0.05) is 0 Å². The third kappa shape index (κ3) is 2.20. The number of hydrogen-bond donors (Lipinski definition) is 1. The first-order valence-electron chi connectivity index (χ1n) is 6.83. The molecule has 0 spiro atoms. The summed E-state index contributed by atoms with van der Waals surface area (Å²) in [6.45, 7) is 0. The van der Waals surface area contributed by atoms with Gasteiger partial charge in [0.25, 0.3) is 0 Å². The Morgan fingerprint density at radius 3 is 2.82 bits per heavy atom. The third-order valence-electron chi connectivity index (χ3n) is 4.10. The molecular formula is C13H15N2O6S-. The standard InChI is InChI=1S/C13H16N2O6S/c1-20-13(19)7-3-2-6(21-7)5-4-22-11-8(14)10(16)15(11)9(5)12(17)18/h6-8,11H,2-4,14H2,1H3,(H,17,18)/p-1/t6?,7?,8-,11-/m1/s1. The molecule has 8 nitrogen and oxygen atoms in total. The molecule has 0 aliphatic carbocycles. The molecule has 4 atom stereocenters. The van der Waals surface area contributed by atoms with E-state index in [4.69, 9.17) is 10.5 Å². The monoisotopic (exact) mass is 327 g/mol. The molecule has 0 aromatic carbocycles. The Balaban J connectivity index is 1.87. The van der Waals surface area contributed by atoms with Crippen molar-refractivity contribution in [2.24, 2.45) is 5.73 Å². The van der Waals surface area contributed by atoms with Crippen molar-refractivity contribution >= 4 is 29.6 Å². The first-order valence-corrected chi connectivity index (χ1v) is 7.88. The van der Waals surface area contributed by atoms with E-state index in [1.165, 1.54) is 23.8 Å². The highest BCUT2D eigenvalue weighted by molar-refractivity contribution is 8.00. The molecule has 2 saturated heterocycles. The molecule has 0 radical (unpaired) electrons. The second-order valence-corrected chi connectivity index (χ2v) is 6.42. The molecule has 9 heteroatoms. The number of aliphatic carboxylic acids is 1. The average Bonchev–Trinajstić information content (AvgIpc) is 3.01. The quantitative estimate of drug-likeness (QED) is 0.464. The molecule has 3 aliphatic heterocycles. The van der Waals surface area contributed by atoms with Crippen molar-refractivity contribution in [3.8, 4) is 0 Å². The lowest BCUT2D eigenvalue weighted by molar-refractivity contribution is -0.301. The van der Waals surface area contributed by atoms with Gasteiger partial charge < -0.3 is 25.1 Å². The summed E-state index contributed by atoms with van der Waals surface area (Å²) < 4.78 is 10.2. The number of esters is 1. The highest BCUT2D eigenvalue weighted by Gasteiger charge is 2.51. The summed E-state index contributed by atoms with van der Waals surface area (Å²) in [6.07, 6.45) is -0.300. The van der Waals surface area contributed by atoms with Gasteiger partial charge in [0.1, 0.15) is 11.4 Å². The van der Waals surface area contributed by atoms with Gasteiger partial charge in [-0.2, -0.15) is 0 Å². The van der Waals surface area contributed by atoms with E-state index in [0.717, 1.165) is 0 Å². The van der Waals surface area contributed by atoms with Crippen LogP contribution >= 0.6 is 11.8 Å². The van der Waals surface area contributed by atoms with Crippen LogP contribution in [-0.2, 0) is 23.9 Å². The van der Waals surface area contributed by atoms with Crippen molar-refractivity contribution in [1.29, 1.82) is 0 Å². The maximum absolute atomic E-state index is 11.8. The summed E-state index contributed by atoms with van der Waals surface area (Å²) in [5, 5.41) is 11.1. The van der Waals surface area contributed by atoms with Crippen LogP contribution in [0.5, 0.6) is 0 Å². The number of carboxylic acids is 1. The number of hydrogen-bond acceptors (Lipinski definition) is 8. The summed E-state index contributed by atoms with van der Waals surface area (Å²) in [4.78, 5) is 36.0. The molecule has 120 valence electrons. The van der Waals surface area contributed by atoms with Crippen LogP contribution in [0.4, 0.5) is 0 Å². The summed E-state index contributed by atoms with van der Waals surface area (Å²) >= 11 is 1.39. The molecule has 2 unspecified atom stereocenters. The molecule has 0 bridgehead atoms. The van der Waals surface area contributed by atoms with Gasteiger partial charge in [-0.3, -0.25) is 9.69 Å². The fourth-order valence-electron chi connectivity index (χ4n) is 2.97. The second-order valence-electron chi connectivity index (χ2n) is 5.31. The minimum absolute atomic E-state index is 0.161. The largest absolute Gasteiger partial charge is 0.543 e. The first kappa shape index (κ1) is 15.3. The minimum Gasteiger partial charge on any atom is -0.543 e. The molecule has 1 amide bonds. The molecule has 3 aliphatic rings. The Kier molecular flexibility index (Phi) is 3.87. The average molecular weight is 327 g/mol. The number of amides is 1. The van der Waals surface area contributed by atoms with Crippen molar-refractivity contribution in [3.63, 3.8) is 0 Å². The Morgan fingerprint density at radius 1 is 1.45 bits per heavy atom. The Morgan fingerprint density at radius 2 is 2.18 bits per heavy atom. The normalized spacial score (nSPS) is 34.3. The van der Waals surface area contributed by atoms with Gasteiger partial charge in [-0.25, -0.2) is 4.79 Å². The van der Waals surface area contributed by atoms with E-state index < -0.39 is 36.1 Å². The number of thioether (sulfide) groups is 1. The second kappa shape index (κ2) is 5.56. The van der Waals surface area contributed by atoms with Gasteiger partial charge >= 0.3 is 5.97 Å². The fraction of sp³-hybridized carbons (Fsp3) is 0.615. The van der Waals surface area contributed by atoms with Crippen LogP contribution in [0.1, 0.15) is 12.8 Å². The number of rotatable bonds is 3. The molecule has 0 aromatic heterocycles. The van der Waals surface area contributed by atoms with Crippen molar-refractivity contribution < 1.29 is 29.0 Å². The zero-order chi connectivity index (χ0) is 16.0. The van der Waals surface area contributed by atoms with Crippen LogP contribution in [0.15, 0.2) is 11.3 Å². The molecule has 0 aromatic rings. The molecule has 2 fully saturated rings. The van der Waals surface area contributed by atoms with Crippen molar-refractivity contribution in [3.05, 3.63) is 11.3 Å². The summed E-state index contributed by atoms with van der Waals surface area (Å²) in [6, 6.07) is -0.687. The number of carbonyl (C=O) groups excluding carboxylic acids is 3. The van der Waals surface area contributed by atoms with Gasteiger partial charge in [0.05, 0.1) is 24.9 Å². The minimum atomic E-state index is -1.43. The lowest BCUT2D eigenvalue weighted by Crippen LogP contribution is -2.69. The van der Waals surface area contributed by atoms with Crippen LogP contribution in [0.25, 0.3) is 0 Å². The van der Waals surface area contributed by atoms with Crippen molar-refractivity contribution in [1.82, 2.24) is 4.90 Å². The lowest BCUT2D eigenvalue weighted by Gasteiger charge is -2.50. The van der Waals surface area contributed by atoms with E-state index in [9.17, 15) is 19.5 Å². The van der Waals surface area contributed by atoms with Crippen LogP contribution in [0.3, 0.4) is 0 Å². The van der Waals surface area contributed by atoms with Gasteiger partial charge in [-0.05, 0) is 18.4 Å². The van der Waals surface area contributed by atoms with Crippen LogP contribution in [-0.4, -0.2) is 59.2 Å². The smallest absolute Gasteiger partial charge is 0.335 e. The van der Waals surface area contributed by atoms with E-state index >= 15 is 0 Å². The first-order chi connectivity index (χ1) is 10.5. The number of ether oxygens (including phenoxy) is 2. The number of carboxylic acid groups (broad SMARTS) is 1. The zero-order valence-electron chi connectivity index (χ0n) is 11.8. The Labute approximate surface area is 130 Å². The van der Waals surface area contributed by atoms with Crippen LogP contribution in [0, 0.1) is 0 Å². The molecular weight excluding hydrogens is 312 g/mol. The van der Waals surface area contributed by atoms with Gasteiger partial charge in [0, 0.05) is 5.75 Å². The fourth-order valence-corrected chi connectivity index (χ4v) is 4.33. The topological polar surface area (TPSA) is 122 Å². The number of carbonyl (C=O) groups is 3. The summed E-state index contributed by atoms with van der Waals surface area (Å²) in [5.41, 5.74) is 5.98. The zero-order valence-corrected chi connectivity index (χ0v) is 12.6. The van der Waals surface area contributed by atoms with Crippen LogP contribution in [0.2, 0.25) is 0 Å². The van der Waals surface area contributed by atoms with E-state index in [0.29, 0.717) is 24.2 Å². The third-order valence-corrected chi connectivity index (χ3v) is 5.43. The number of fused-ring (bicyclic) bond motifs is 1. The summed E-state index contributed by atoms with van der Waals surface area (Å²) in [7, 11) is 1.27. The molecule has 0 saturated carbocycles. The predicted molar refractivity (Wildman–Crippen MR) is 73.0 cm³/mol. The molecule has 22 heavy (non-hydrogen) atoms. The number of β-lactam (4-membered cyclic amide) rings is 1. The maximum Gasteiger partial charge on any atom is 0.335 e. The lowest BCUT2D eigenvalue weighted by atomic mass is 9.99. The van der Waals surface area contributed by atoms with Crippen molar-refractivity contribution in [2.75, 3.05) is 12.9 Å². The summed E-state index contributed by atoms with van der Waals surface area (Å²) in [5.74, 6) is -1.96. The van der Waals surface area contributed by atoms with Crippen molar-refractivity contribution in [2.45, 2.75) is 36.5 Å². The number of methoxy groups -OCH3 is 1. The predicted octanol–water partition coefficient (Wildman–Crippen LogP) is -2.05. The Hall–Kier alpha value is -1.58. The Bertz CT molecular complexity index is 577. The maximum atomic E-state index is 11.8. The number of nitrogens with zero attached hydrogens (tertiary/aromatic N) is 1. The SMILES string of the molecule is COC(=O)C1CCC(C2=C(C(=O)[O-])N3C(=O)[C@@H](N)[C@H]3SC2)O1. The highest BCUT2D eigenvalue weighted by atomic mass is 32.2. The van der Waals surface area contributed by atoms with Gasteiger partial charge in [-0.15, -0.1) is 11.8 Å². The van der Waals surface area contributed by atoms with E-state index in [1.54, 1.807) is 0 Å². The highest BCUT2D eigenvalue weighted by Crippen LogP contribution is 2.42. The van der Waals surface area contributed by atoms with E-state index in [-0.39, 0.29) is 11.1 Å². The van der Waals surface area contributed by atoms with E-state index in [1.807, 2.05) is 0 Å². The molecule has 2 N–H and O–H groups in total. The van der Waals surface area contributed by atoms with Crippen LogP contribution < -0.4 is 10.8 Å². The van der Waals surface area contributed by atoms with E-state index in [2.05, 4.69) is 4.74 Å².